The average molecular weight is 313 g/mol. The first-order chi connectivity index (χ1) is 7.13. The lowest BCUT2D eigenvalue weighted by molar-refractivity contribution is 0.169. The maximum absolute atomic E-state index is 11.1. The van der Waals surface area contributed by atoms with Gasteiger partial charge in [0, 0.05) is 11.0 Å². The van der Waals surface area contributed by atoms with Gasteiger partial charge >= 0.3 is 6.09 Å². The van der Waals surface area contributed by atoms with Crippen LogP contribution in [0.2, 0.25) is 10.0 Å². The Hall–Kier alpha value is -0.450. The van der Waals surface area contributed by atoms with Gasteiger partial charge in [0.05, 0.1) is 10.0 Å². The molecule has 0 aromatic heterocycles. The molecule has 0 saturated carbocycles. The van der Waals surface area contributed by atoms with E-state index in [9.17, 15) is 4.79 Å². The Kier molecular flexibility index (Phi) is 5.22. The normalized spacial score (nSPS) is 9.80. The van der Waals surface area contributed by atoms with Crippen LogP contribution in [0.15, 0.2) is 18.2 Å². The van der Waals surface area contributed by atoms with Crippen LogP contribution in [0.25, 0.3) is 0 Å². The highest BCUT2D eigenvalue weighted by Crippen LogP contribution is 2.24. The van der Waals surface area contributed by atoms with Gasteiger partial charge in [0.2, 0.25) is 0 Å². The molecule has 0 aliphatic carbocycles. The Morgan fingerprint density at radius 1 is 1.40 bits per heavy atom. The summed E-state index contributed by atoms with van der Waals surface area (Å²) in [5.41, 5.74) is 0.545. The van der Waals surface area contributed by atoms with E-state index in [0.717, 1.165) is 0 Å². The third-order valence-electron chi connectivity index (χ3n) is 1.48. The van der Waals surface area contributed by atoms with E-state index in [0.29, 0.717) is 27.7 Å². The minimum Gasteiger partial charge on any atom is -0.448 e. The summed E-state index contributed by atoms with van der Waals surface area (Å²) in [5, 5.41) is 3.94. The van der Waals surface area contributed by atoms with Gasteiger partial charge in [-0.3, -0.25) is 5.32 Å². The molecule has 3 nitrogen and oxygen atoms in total. The molecule has 0 saturated heterocycles. The van der Waals surface area contributed by atoms with Gasteiger partial charge in [-0.1, -0.05) is 39.1 Å². The van der Waals surface area contributed by atoms with E-state index in [-0.39, 0.29) is 0 Å². The van der Waals surface area contributed by atoms with E-state index in [1.807, 2.05) is 0 Å². The fourth-order valence-electron chi connectivity index (χ4n) is 0.859. The van der Waals surface area contributed by atoms with E-state index < -0.39 is 6.09 Å². The maximum Gasteiger partial charge on any atom is 0.411 e. The number of hydrogen-bond acceptors (Lipinski definition) is 2. The van der Waals surface area contributed by atoms with Crippen molar-refractivity contribution in [3.63, 3.8) is 0 Å². The molecule has 1 aromatic carbocycles. The number of anilines is 1. The number of hydrogen-bond donors (Lipinski definition) is 1. The van der Waals surface area contributed by atoms with E-state index in [1.54, 1.807) is 18.2 Å². The van der Waals surface area contributed by atoms with E-state index >= 15 is 0 Å². The topological polar surface area (TPSA) is 38.3 Å². The van der Waals surface area contributed by atoms with Gasteiger partial charge in [0.15, 0.2) is 0 Å². The third kappa shape index (κ3) is 4.28. The summed E-state index contributed by atoms with van der Waals surface area (Å²) in [6, 6.07) is 4.80. The van der Waals surface area contributed by atoms with Crippen molar-refractivity contribution < 1.29 is 9.53 Å². The predicted octanol–water partition coefficient (Wildman–Crippen LogP) is 3.94. The van der Waals surface area contributed by atoms with Gasteiger partial charge in [0.1, 0.15) is 6.61 Å². The molecule has 1 aromatic rings. The van der Waals surface area contributed by atoms with E-state index in [1.165, 1.54) is 0 Å². The van der Waals surface area contributed by atoms with Crippen molar-refractivity contribution >= 4 is 50.9 Å². The van der Waals surface area contributed by atoms with Crippen LogP contribution in [0, 0.1) is 0 Å². The SMILES string of the molecule is O=C(Nc1ccc(Cl)c(Cl)c1)OCCBr. The van der Waals surface area contributed by atoms with Crippen LogP contribution in [-0.4, -0.2) is 18.0 Å². The highest BCUT2D eigenvalue weighted by molar-refractivity contribution is 9.09. The van der Waals surface area contributed by atoms with Crippen LogP contribution in [0.3, 0.4) is 0 Å². The monoisotopic (exact) mass is 311 g/mol. The number of benzene rings is 1. The number of alkyl halides is 1. The van der Waals surface area contributed by atoms with Crippen LogP contribution < -0.4 is 5.32 Å². The lowest BCUT2D eigenvalue weighted by Gasteiger charge is -2.06. The molecule has 0 aliphatic heterocycles. The molecule has 82 valence electrons. The Bertz CT molecular complexity index is 360. The van der Waals surface area contributed by atoms with E-state index in [4.69, 9.17) is 27.9 Å². The first-order valence-electron chi connectivity index (χ1n) is 4.08. The van der Waals surface area contributed by atoms with Gasteiger partial charge in [-0.2, -0.15) is 0 Å². The quantitative estimate of drug-likeness (QED) is 0.859. The molecular formula is C9H8BrCl2NO2. The first kappa shape index (κ1) is 12.6. The lowest BCUT2D eigenvalue weighted by atomic mass is 10.3. The number of halogens is 3. The Labute approximate surface area is 106 Å². The number of nitrogens with one attached hydrogen (secondary N) is 1. The van der Waals surface area contributed by atoms with Gasteiger partial charge < -0.3 is 4.74 Å². The fraction of sp³-hybridized carbons (Fsp3) is 0.222. The number of amides is 1. The maximum atomic E-state index is 11.1. The smallest absolute Gasteiger partial charge is 0.411 e. The van der Waals surface area contributed by atoms with Crippen molar-refractivity contribution in [2.24, 2.45) is 0 Å². The zero-order chi connectivity index (χ0) is 11.3. The summed E-state index contributed by atoms with van der Waals surface area (Å²) in [6.07, 6.45) is -0.521. The molecule has 0 bridgehead atoms. The van der Waals surface area contributed by atoms with E-state index in [2.05, 4.69) is 21.2 Å². The molecule has 0 radical (unpaired) electrons. The van der Waals surface area contributed by atoms with Gasteiger partial charge in [-0.05, 0) is 18.2 Å². The van der Waals surface area contributed by atoms with Crippen molar-refractivity contribution in [2.75, 3.05) is 17.3 Å². The first-order valence-corrected chi connectivity index (χ1v) is 5.96. The van der Waals surface area contributed by atoms with Gasteiger partial charge in [-0.25, -0.2) is 4.79 Å². The zero-order valence-corrected chi connectivity index (χ0v) is 10.7. The van der Waals surface area contributed by atoms with Crippen molar-refractivity contribution in [2.45, 2.75) is 0 Å². The molecule has 0 unspecified atom stereocenters. The molecule has 15 heavy (non-hydrogen) atoms. The molecule has 0 atom stereocenters. The molecule has 0 fully saturated rings. The molecule has 1 amide bonds. The minimum absolute atomic E-state index is 0.313. The Morgan fingerprint density at radius 3 is 2.73 bits per heavy atom. The summed E-state index contributed by atoms with van der Waals surface area (Å²) in [5.74, 6) is 0. The van der Waals surface area contributed by atoms with Crippen LogP contribution in [0.4, 0.5) is 10.5 Å². The highest BCUT2D eigenvalue weighted by Gasteiger charge is 2.04. The summed E-state index contributed by atoms with van der Waals surface area (Å²) >= 11 is 14.6. The number of carbonyl (C=O) groups is 1. The van der Waals surface area contributed by atoms with Crippen molar-refractivity contribution in [1.82, 2.24) is 0 Å². The summed E-state index contributed by atoms with van der Waals surface area (Å²) in [7, 11) is 0. The minimum atomic E-state index is -0.521. The standard InChI is InChI=1S/C9H8BrCl2NO2/c10-3-4-15-9(14)13-6-1-2-7(11)8(12)5-6/h1-2,5H,3-4H2,(H,13,14). The number of ether oxygens (including phenoxy) is 1. The highest BCUT2D eigenvalue weighted by atomic mass is 79.9. The summed E-state index contributed by atoms with van der Waals surface area (Å²) < 4.78 is 4.79. The Morgan fingerprint density at radius 2 is 2.13 bits per heavy atom. The molecule has 6 heteroatoms. The molecule has 0 spiro atoms. The molecule has 1 rings (SSSR count). The molecule has 0 aliphatic rings. The van der Waals surface area contributed by atoms with Crippen LogP contribution >= 0.6 is 39.1 Å². The van der Waals surface area contributed by atoms with Crippen LogP contribution in [0.5, 0.6) is 0 Å². The van der Waals surface area contributed by atoms with Gasteiger partial charge in [0.25, 0.3) is 0 Å². The molecular weight excluding hydrogens is 305 g/mol. The predicted molar refractivity (Wildman–Crippen MR) is 65.2 cm³/mol. The fourth-order valence-corrected chi connectivity index (χ4v) is 1.32. The lowest BCUT2D eigenvalue weighted by Crippen LogP contribution is -2.14. The van der Waals surface area contributed by atoms with Crippen molar-refractivity contribution in [1.29, 1.82) is 0 Å². The second-order valence-corrected chi connectivity index (χ2v) is 4.19. The van der Waals surface area contributed by atoms with Crippen molar-refractivity contribution in [3.8, 4) is 0 Å². The average Bonchev–Trinajstić information content (AvgIpc) is 2.20. The molecule has 0 heterocycles. The largest absolute Gasteiger partial charge is 0.448 e. The molecule has 1 N–H and O–H groups in total. The number of carbonyl (C=O) groups excluding carboxylic acids is 1. The summed E-state index contributed by atoms with van der Waals surface area (Å²) in [4.78, 5) is 11.1. The second-order valence-electron chi connectivity index (χ2n) is 2.58. The van der Waals surface area contributed by atoms with Crippen LogP contribution in [-0.2, 0) is 4.74 Å². The number of rotatable bonds is 3. The Balaban J connectivity index is 2.57. The summed E-state index contributed by atoms with van der Waals surface area (Å²) in [6.45, 7) is 0.313. The zero-order valence-electron chi connectivity index (χ0n) is 7.60. The third-order valence-corrected chi connectivity index (χ3v) is 2.54. The van der Waals surface area contributed by atoms with Crippen molar-refractivity contribution in [3.05, 3.63) is 28.2 Å². The van der Waals surface area contributed by atoms with Gasteiger partial charge in [-0.15, -0.1) is 0 Å². The second kappa shape index (κ2) is 6.20. The van der Waals surface area contributed by atoms with Crippen LogP contribution in [0.1, 0.15) is 0 Å².